The highest BCUT2D eigenvalue weighted by Crippen LogP contribution is 2.33. The lowest BCUT2D eigenvalue weighted by Crippen LogP contribution is -2.04. The summed E-state index contributed by atoms with van der Waals surface area (Å²) < 4.78 is 5.61. The van der Waals surface area contributed by atoms with Crippen molar-refractivity contribution in [1.82, 2.24) is 4.98 Å². The minimum absolute atomic E-state index is 0.340. The molecule has 0 aliphatic heterocycles. The van der Waals surface area contributed by atoms with Gasteiger partial charge in [0.05, 0.1) is 16.8 Å². The van der Waals surface area contributed by atoms with E-state index in [1.54, 1.807) is 0 Å². The van der Waals surface area contributed by atoms with Crippen LogP contribution in [0.3, 0.4) is 0 Å². The Morgan fingerprint density at radius 3 is 2.42 bits per heavy atom. The van der Waals surface area contributed by atoms with Crippen molar-refractivity contribution in [3.8, 4) is 11.3 Å². The maximum Gasteiger partial charge on any atom is 0.346 e. The molecule has 0 saturated heterocycles. The lowest BCUT2D eigenvalue weighted by molar-refractivity contribution is 0.569. The summed E-state index contributed by atoms with van der Waals surface area (Å²) in [6.45, 7) is 1.86. The summed E-state index contributed by atoms with van der Waals surface area (Å²) in [5, 5.41) is 4.59. The van der Waals surface area contributed by atoms with Crippen LogP contribution < -0.4 is 5.63 Å². The number of hydrogen-bond acceptors (Lipinski definition) is 3. The van der Waals surface area contributed by atoms with Gasteiger partial charge in [-0.3, -0.25) is 4.98 Å². The largest absolute Gasteiger partial charge is 0.422 e. The summed E-state index contributed by atoms with van der Waals surface area (Å²) in [7, 11) is 0. The third kappa shape index (κ3) is 2.14. The first-order chi connectivity index (χ1) is 12.7. The molecule has 0 aliphatic rings. The van der Waals surface area contributed by atoms with Crippen LogP contribution in [0.15, 0.2) is 82.0 Å². The molecule has 5 rings (SSSR count). The second-order valence-corrected chi connectivity index (χ2v) is 6.43. The molecule has 0 atom stereocenters. The Labute approximate surface area is 149 Å². The van der Waals surface area contributed by atoms with Gasteiger partial charge in [-0.1, -0.05) is 60.7 Å². The van der Waals surface area contributed by atoms with Crippen LogP contribution in [0.5, 0.6) is 0 Å². The van der Waals surface area contributed by atoms with Gasteiger partial charge in [0.1, 0.15) is 5.58 Å². The van der Waals surface area contributed by atoms with Crippen molar-refractivity contribution in [2.45, 2.75) is 6.92 Å². The summed E-state index contributed by atoms with van der Waals surface area (Å²) >= 11 is 0. The van der Waals surface area contributed by atoms with Gasteiger partial charge in [0.25, 0.3) is 0 Å². The minimum Gasteiger partial charge on any atom is -0.422 e. The van der Waals surface area contributed by atoms with Gasteiger partial charge in [0, 0.05) is 16.3 Å². The van der Waals surface area contributed by atoms with Crippen molar-refractivity contribution in [2.24, 2.45) is 0 Å². The van der Waals surface area contributed by atoms with E-state index in [0.29, 0.717) is 16.7 Å². The Morgan fingerprint density at radius 1 is 0.808 bits per heavy atom. The molecule has 3 heteroatoms. The fourth-order valence-corrected chi connectivity index (χ4v) is 3.65. The summed E-state index contributed by atoms with van der Waals surface area (Å²) in [5.41, 5.74) is 2.83. The Balaban J connectivity index is 2.02. The van der Waals surface area contributed by atoms with E-state index < -0.39 is 0 Å². The first-order valence-electron chi connectivity index (χ1n) is 8.54. The average Bonchev–Trinajstić information content (AvgIpc) is 2.68. The predicted octanol–water partition coefficient (Wildman–Crippen LogP) is 5.47. The van der Waals surface area contributed by atoms with E-state index in [1.807, 2.05) is 67.6 Å². The van der Waals surface area contributed by atoms with E-state index in [4.69, 9.17) is 4.42 Å². The molecule has 5 aromatic rings. The lowest BCUT2D eigenvalue weighted by Gasteiger charge is -2.10. The molecule has 3 nitrogen and oxygen atoms in total. The maximum atomic E-state index is 12.6. The molecule has 0 amide bonds. The number of benzene rings is 3. The van der Waals surface area contributed by atoms with Gasteiger partial charge in [0.2, 0.25) is 0 Å². The number of hydrogen-bond donors (Lipinski definition) is 0. The zero-order valence-corrected chi connectivity index (χ0v) is 14.2. The van der Waals surface area contributed by atoms with Crippen molar-refractivity contribution < 1.29 is 4.42 Å². The standard InChI is InChI=1S/C23H15NO2/c1-14-21-18(13-19(24-14)16-8-3-2-4-9-16)22-17-10-6-5-7-15(17)11-12-20(22)26-23(21)25/h2-13H,1H3. The SMILES string of the molecule is Cc1nc(-c2ccccc2)cc2c1c(=O)oc1ccc3ccccc3c12. The van der Waals surface area contributed by atoms with E-state index in [9.17, 15) is 4.79 Å². The first-order valence-corrected chi connectivity index (χ1v) is 8.54. The monoisotopic (exact) mass is 337 g/mol. The molecule has 0 radical (unpaired) electrons. The first kappa shape index (κ1) is 14.8. The molecular weight excluding hydrogens is 322 g/mol. The Kier molecular flexibility index (Phi) is 3.16. The molecule has 26 heavy (non-hydrogen) atoms. The second-order valence-electron chi connectivity index (χ2n) is 6.43. The highest BCUT2D eigenvalue weighted by molar-refractivity contribution is 6.18. The molecule has 2 aromatic heterocycles. The summed E-state index contributed by atoms with van der Waals surface area (Å²) in [6, 6.07) is 24.0. The van der Waals surface area contributed by atoms with Gasteiger partial charge in [-0.15, -0.1) is 0 Å². The number of fused-ring (bicyclic) bond motifs is 5. The fourth-order valence-electron chi connectivity index (χ4n) is 3.65. The van der Waals surface area contributed by atoms with E-state index >= 15 is 0 Å². The Morgan fingerprint density at radius 2 is 1.58 bits per heavy atom. The average molecular weight is 337 g/mol. The van der Waals surface area contributed by atoms with Crippen LogP contribution in [0.4, 0.5) is 0 Å². The van der Waals surface area contributed by atoms with Crippen molar-refractivity contribution in [2.75, 3.05) is 0 Å². The van der Waals surface area contributed by atoms with Crippen LogP contribution >= 0.6 is 0 Å². The smallest absolute Gasteiger partial charge is 0.346 e. The van der Waals surface area contributed by atoms with Gasteiger partial charge in [-0.25, -0.2) is 4.79 Å². The molecule has 0 unspecified atom stereocenters. The molecule has 3 aromatic carbocycles. The number of rotatable bonds is 1. The normalized spacial score (nSPS) is 11.4. The maximum absolute atomic E-state index is 12.6. The Hall–Kier alpha value is -3.46. The van der Waals surface area contributed by atoms with Gasteiger partial charge in [-0.05, 0) is 29.8 Å². The van der Waals surface area contributed by atoms with Crippen LogP contribution in [-0.2, 0) is 0 Å². The molecule has 0 spiro atoms. The van der Waals surface area contributed by atoms with Gasteiger partial charge < -0.3 is 4.42 Å². The van der Waals surface area contributed by atoms with Crippen LogP contribution in [0.25, 0.3) is 43.8 Å². The van der Waals surface area contributed by atoms with E-state index in [0.717, 1.165) is 32.8 Å². The van der Waals surface area contributed by atoms with Gasteiger partial charge in [-0.2, -0.15) is 0 Å². The number of aromatic nitrogens is 1. The quantitative estimate of drug-likeness (QED) is 0.301. The van der Waals surface area contributed by atoms with Crippen LogP contribution in [-0.4, -0.2) is 4.98 Å². The zero-order valence-electron chi connectivity index (χ0n) is 14.2. The summed E-state index contributed by atoms with van der Waals surface area (Å²) in [4.78, 5) is 17.3. The molecule has 0 saturated carbocycles. The minimum atomic E-state index is -0.340. The molecule has 2 heterocycles. The highest BCUT2D eigenvalue weighted by Gasteiger charge is 2.15. The number of aryl methyl sites for hydroxylation is 1. The van der Waals surface area contributed by atoms with Crippen LogP contribution in [0, 0.1) is 6.92 Å². The lowest BCUT2D eigenvalue weighted by atomic mass is 9.99. The topological polar surface area (TPSA) is 43.1 Å². The van der Waals surface area contributed by atoms with Gasteiger partial charge in [0.15, 0.2) is 0 Å². The molecule has 0 bridgehead atoms. The summed E-state index contributed by atoms with van der Waals surface area (Å²) in [6.07, 6.45) is 0. The third-order valence-corrected chi connectivity index (χ3v) is 4.84. The van der Waals surface area contributed by atoms with Crippen molar-refractivity contribution in [3.63, 3.8) is 0 Å². The molecule has 0 N–H and O–H groups in total. The zero-order chi connectivity index (χ0) is 17.7. The predicted molar refractivity (Wildman–Crippen MR) is 105 cm³/mol. The van der Waals surface area contributed by atoms with Crippen LogP contribution in [0.2, 0.25) is 0 Å². The summed E-state index contributed by atoms with van der Waals surface area (Å²) in [5.74, 6) is 0. The number of nitrogens with zero attached hydrogens (tertiary/aromatic N) is 1. The number of pyridine rings is 1. The molecular formula is C23H15NO2. The molecule has 0 aliphatic carbocycles. The van der Waals surface area contributed by atoms with E-state index in [-0.39, 0.29) is 5.63 Å². The molecule has 124 valence electrons. The third-order valence-electron chi connectivity index (χ3n) is 4.84. The van der Waals surface area contributed by atoms with Crippen molar-refractivity contribution >= 4 is 32.5 Å². The van der Waals surface area contributed by atoms with E-state index in [2.05, 4.69) is 17.1 Å². The fraction of sp³-hybridized carbons (Fsp3) is 0.0435. The van der Waals surface area contributed by atoms with Crippen molar-refractivity contribution in [1.29, 1.82) is 0 Å². The second kappa shape index (κ2) is 5.53. The Bertz CT molecular complexity index is 1350. The molecule has 0 fully saturated rings. The van der Waals surface area contributed by atoms with Crippen LogP contribution in [0.1, 0.15) is 5.69 Å². The van der Waals surface area contributed by atoms with Gasteiger partial charge >= 0.3 is 5.63 Å². The van der Waals surface area contributed by atoms with Crippen molar-refractivity contribution in [3.05, 3.63) is 88.9 Å². The highest BCUT2D eigenvalue weighted by atomic mass is 16.4. The van der Waals surface area contributed by atoms with E-state index in [1.165, 1.54) is 0 Å².